The number of benzene rings is 2. The maximum atomic E-state index is 12.9. The minimum Gasteiger partial charge on any atom is -0.497 e. The molecule has 31 heavy (non-hydrogen) atoms. The maximum absolute atomic E-state index is 12.9. The van der Waals surface area contributed by atoms with Crippen LogP contribution in [0.5, 0.6) is 23.0 Å². The Morgan fingerprint density at radius 2 is 1.58 bits per heavy atom. The van der Waals surface area contributed by atoms with Crippen LogP contribution in [0, 0.1) is 0 Å². The van der Waals surface area contributed by atoms with Gasteiger partial charge < -0.3 is 29.0 Å². The Morgan fingerprint density at radius 3 is 2.16 bits per heavy atom. The van der Waals surface area contributed by atoms with Crippen LogP contribution in [0.15, 0.2) is 36.4 Å². The second-order valence-corrected chi connectivity index (χ2v) is 7.09. The molecule has 1 aliphatic rings. The number of morpholine rings is 1. The van der Waals surface area contributed by atoms with Gasteiger partial charge in [0, 0.05) is 31.3 Å². The monoisotopic (exact) mass is 430 g/mol. The lowest BCUT2D eigenvalue weighted by molar-refractivity contribution is 0.0162. The van der Waals surface area contributed by atoms with Crippen molar-refractivity contribution in [1.82, 2.24) is 10.2 Å². The lowest BCUT2D eigenvalue weighted by Gasteiger charge is -2.35. The Hall–Kier alpha value is -2.97. The van der Waals surface area contributed by atoms with E-state index in [1.165, 1.54) is 0 Å². The number of carbonyl (C=O) groups excluding carboxylic acids is 1. The molecule has 1 unspecified atom stereocenters. The topological polar surface area (TPSA) is 78.5 Å². The van der Waals surface area contributed by atoms with Gasteiger partial charge in [-0.2, -0.15) is 0 Å². The van der Waals surface area contributed by atoms with E-state index in [0.29, 0.717) is 48.3 Å². The van der Waals surface area contributed by atoms with Crippen molar-refractivity contribution < 1.29 is 28.5 Å². The summed E-state index contributed by atoms with van der Waals surface area (Å²) in [6.07, 6.45) is 0. The van der Waals surface area contributed by atoms with Gasteiger partial charge in [-0.15, -0.1) is 0 Å². The molecule has 1 atom stereocenters. The first-order valence-electron chi connectivity index (χ1n) is 10.1. The van der Waals surface area contributed by atoms with E-state index >= 15 is 0 Å². The fourth-order valence-electron chi connectivity index (χ4n) is 3.64. The summed E-state index contributed by atoms with van der Waals surface area (Å²) in [7, 11) is 6.34. The lowest BCUT2D eigenvalue weighted by Crippen LogP contribution is -2.43. The van der Waals surface area contributed by atoms with E-state index in [2.05, 4.69) is 10.2 Å². The molecule has 1 amide bonds. The minimum atomic E-state index is -0.198. The molecule has 168 valence electrons. The van der Waals surface area contributed by atoms with E-state index < -0.39 is 0 Å². The van der Waals surface area contributed by atoms with Crippen molar-refractivity contribution in [1.29, 1.82) is 0 Å². The highest BCUT2D eigenvalue weighted by Gasteiger charge is 2.25. The summed E-state index contributed by atoms with van der Waals surface area (Å²) < 4.78 is 26.9. The zero-order chi connectivity index (χ0) is 22.2. The number of methoxy groups -OCH3 is 4. The van der Waals surface area contributed by atoms with Crippen LogP contribution in [0.3, 0.4) is 0 Å². The van der Waals surface area contributed by atoms with Crippen molar-refractivity contribution in [2.45, 2.75) is 6.04 Å². The van der Waals surface area contributed by atoms with Crippen molar-refractivity contribution >= 4 is 5.91 Å². The third-order valence-electron chi connectivity index (χ3n) is 5.35. The van der Waals surface area contributed by atoms with Crippen LogP contribution in [0.25, 0.3) is 0 Å². The second kappa shape index (κ2) is 10.9. The Kier molecular flexibility index (Phi) is 7.97. The molecule has 8 nitrogen and oxygen atoms in total. The molecule has 0 bridgehead atoms. The average Bonchev–Trinajstić information content (AvgIpc) is 2.84. The van der Waals surface area contributed by atoms with E-state index in [-0.39, 0.29) is 11.9 Å². The number of nitrogens with zero attached hydrogens (tertiary/aromatic N) is 1. The molecule has 0 radical (unpaired) electrons. The summed E-state index contributed by atoms with van der Waals surface area (Å²) in [5.41, 5.74) is 1.51. The van der Waals surface area contributed by atoms with Gasteiger partial charge in [0.25, 0.3) is 5.91 Å². The molecule has 0 spiro atoms. The van der Waals surface area contributed by atoms with Gasteiger partial charge >= 0.3 is 0 Å². The quantitative estimate of drug-likeness (QED) is 0.655. The van der Waals surface area contributed by atoms with Gasteiger partial charge in [0.15, 0.2) is 11.5 Å². The Balaban J connectivity index is 1.82. The Morgan fingerprint density at radius 1 is 0.935 bits per heavy atom. The maximum Gasteiger partial charge on any atom is 0.251 e. The van der Waals surface area contributed by atoms with Gasteiger partial charge in [-0.3, -0.25) is 9.69 Å². The summed E-state index contributed by atoms with van der Waals surface area (Å²) in [5, 5.41) is 3.06. The van der Waals surface area contributed by atoms with E-state index in [0.717, 1.165) is 18.7 Å². The van der Waals surface area contributed by atoms with Crippen molar-refractivity contribution in [3.05, 3.63) is 47.5 Å². The Labute approximate surface area is 183 Å². The molecule has 2 aromatic rings. The van der Waals surface area contributed by atoms with Gasteiger partial charge in [0.1, 0.15) is 11.5 Å². The lowest BCUT2D eigenvalue weighted by atomic mass is 10.0. The van der Waals surface area contributed by atoms with Crippen LogP contribution in [-0.2, 0) is 4.74 Å². The Bertz CT molecular complexity index is 860. The summed E-state index contributed by atoms with van der Waals surface area (Å²) >= 11 is 0. The third kappa shape index (κ3) is 5.59. The summed E-state index contributed by atoms with van der Waals surface area (Å²) in [6, 6.07) is 10.9. The minimum absolute atomic E-state index is 0.0415. The normalized spacial score (nSPS) is 15.1. The molecule has 1 saturated heterocycles. The van der Waals surface area contributed by atoms with Crippen LogP contribution in [0.2, 0.25) is 0 Å². The smallest absolute Gasteiger partial charge is 0.251 e. The molecule has 0 aliphatic carbocycles. The molecule has 3 rings (SSSR count). The van der Waals surface area contributed by atoms with Crippen molar-refractivity contribution in [3.63, 3.8) is 0 Å². The SMILES string of the molecule is COc1cc(OC)cc(C(=O)NCC(c2ccc(OC)c(OC)c2)N2CCOCC2)c1. The highest BCUT2D eigenvalue weighted by Crippen LogP contribution is 2.32. The number of carbonyl (C=O) groups is 1. The first-order chi connectivity index (χ1) is 15.1. The largest absolute Gasteiger partial charge is 0.497 e. The molecule has 1 aliphatic heterocycles. The van der Waals surface area contributed by atoms with Gasteiger partial charge in [0.2, 0.25) is 0 Å². The van der Waals surface area contributed by atoms with Gasteiger partial charge in [-0.05, 0) is 29.8 Å². The predicted octanol–water partition coefficient (Wildman–Crippen LogP) is 2.52. The molecule has 1 heterocycles. The highest BCUT2D eigenvalue weighted by atomic mass is 16.5. The molecule has 1 fully saturated rings. The summed E-state index contributed by atoms with van der Waals surface area (Å²) in [6.45, 7) is 3.30. The highest BCUT2D eigenvalue weighted by molar-refractivity contribution is 5.95. The van der Waals surface area contributed by atoms with Gasteiger partial charge in [-0.25, -0.2) is 0 Å². The van der Waals surface area contributed by atoms with E-state index in [9.17, 15) is 4.79 Å². The molecular formula is C23H30N2O6. The van der Waals surface area contributed by atoms with Gasteiger partial charge in [-0.1, -0.05) is 6.07 Å². The van der Waals surface area contributed by atoms with Crippen LogP contribution >= 0.6 is 0 Å². The summed E-state index contributed by atoms with van der Waals surface area (Å²) in [4.78, 5) is 15.2. The number of rotatable bonds is 9. The standard InChI is InChI=1S/C23H30N2O6/c1-27-18-11-17(12-19(14-18)28-2)23(26)24-15-20(25-7-9-31-10-8-25)16-5-6-21(29-3)22(13-16)30-4/h5-6,11-14,20H,7-10,15H2,1-4H3,(H,24,26). The number of hydrogen-bond acceptors (Lipinski definition) is 7. The second-order valence-electron chi connectivity index (χ2n) is 7.09. The van der Waals surface area contributed by atoms with Crippen LogP contribution in [-0.4, -0.2) is 72.1 Å². The average molecular weight is 431 g/mol. The van der Waals surface area contributed by atoms with E-state index in [1.54, 1.807) is 46.6 Å². The molecule has 2 aromatic carbocycles. The van der Waals surface area contributed by atoms with Gasteiger partial charge in [0.05, 0.1) is 47.7 Å². The number of ether oxygens (including phenoxy) is 5. The first kappa shape index (κ1) is 22.7. The molecule has 0 aromatic heterocycles. The van der Waals surface area contributed by atoms with Crippen molar-refractivity contribution in [3.8, 4) is 23.0 Å². The number of nitrogens with one attached hydrogen (secondary N) is 1. The number of hydrogen-bond donors (Lipinski definition) is 1. The van der Waals surface area contributed by atoms with Crippen LogP contribution < -0.4 is 24.3 Å². The molecule has 8 heteroatoms. The van der Waals surface area contributed by atoms with Crippen LogP contribution in [0.1, 0.15) is 22.0 Å². The molecule has 1 N–H and O–H groups in total. The molecular weight excluding hydrogens is 400 g/mol. The zero-order valence-electron chi connectivity index (χ0n) is 18.5. The fourth-order valence-corrected chi connectivity index (χ4v) is 3.64. The zero-order valence-corrected chi connectivity index (χ0v) is 18.5. The number of amides is 1. The van der Waals surface area contributed by atoms with Crippen molar-refractivity contribution in [2.75, 3.05) is 61.3 Å². The third-order valence-corrected chi connectivity index (χ3v) is 5.35. The molecule has 0 saturated carbocycles. The summed E-state index contributed by atoms with van der Waals surface area (Å²) in [5.74, 6) is 2.25. The first-order valence-corrected chi connectivity index (χ1v) is 10.1. The van der Waals surface area contributed by atoms with E-state index in [4.69, 9.17) is 23.7 Å². The fraction of sp³-hybridized carbons (Fsp3) is 0.435. The van der Waals surface area contributed by atoms with Crippen LogP contribution in [0.4, 0.5) is 0 Å². The van der Waals surface area contributed by atoms with Crippen molar-refractivity contribution in [2.24, 2.45) is 0 Å². The predicted molar refractivity (Wildman–Crippen MR) is 117 cm³/mol. The van der Waals surface area contributed by atoms with E-state index in [1.807, 2.05) is 18.2 Å².